The van der Waals surface area contributed by atoms with Crippen molar-refractivity contribution in [2.24, 2.45) is 0 Å². The Kier molecular flexibility index (Phi) is 4.65. The fourth-order valence-electron chi connectivity index (χ4n) is 2.73. The van der Waals surface area contributed by atoms with Gasteiger partial charge < -0.3 is 5.32 Å². The summed E-state index contributed by atoms with van der Waals surface area (Å²) in [6.07, 6.45) is 0.554. The van der Waals surface area contributed by atoms with Gasteiger partial charge in [0.15, 0.2) is 5.82 Å². The fourth-order valence-corrected chi connectivity index (χ4v) is 2.73. The van der Waals surface area contributed by atoms with Crippen molar-refractivity contribution < 1.29 is 4.79 Å². The molecule has 0 aliphatic heterocycles. The van der Waals surface area contributed by atoms with Crippen LogP contribution >= 0.6 is 0 Å². The number of carbonyl (C=O) groups is 1. The van der Waals surface area contributed by atoms with Crippen LogP contribution < -0.4 is 5.32 Å². The second-order valence-electron chi connectivity index (χ2n) is 5.95. The van der Waals surface area contributed by atoms with Gasteiger partial charge in [0.25, 0.3) is 5.91 Å². The average molecular weight is 356 g/mol. The molecule has 7 heteroatoms. The standard InChI is InChI=1S/C20H16N6O/c27-20(18-11-5-10-17(22-18)15-7-2-1-3-8-15)21-16-9-4-6-14(12-16)13-19-23-25-26-24-19/h1-12H,13H2,(H,21,27)(H,23,24,25,26). The lowest BCUT2D eigenvalue weighted by molar-refractivity contribution is 0.102. The predicted octanol–water partition coefficient (Wildman–Crippen LogP) is 3.10. The summed E-state index contributed by atoms with van der Waals surface area (Å²) in [5.41, 5.74) is 3.76. The monoisotopic (exact) mass is 356 g/mol. The van der Waals surface area contributed by atoms with Crippen molar-refractivity contribution in [3.05, 3.63) is 89.9 Å². The van der Waals surface area contributed by atoms with E-state index in [1.165, 1.54) is 0 Å². The van der Waals surface area contributed by atoms with E-state index in [-0.39, 0.29) is 5.91 Å². The summed E-state index contributed by atoms with van der Waals surface area (Å²) < 4.78 is 0. The van der Waals surface area contributed by atoms with Crippen molar-refractivity contribution in [2.45, 2.75) is 6.42 Å². The molecule has 2 heterocycles. The van der Waals surface area contributed by atoms with Crippen molar-refractivity contribution in [1.82, 2.24) is 25.6 Å². The summed E-state index contributed by atoms with van der Waals surface area (Å²) in [4.78, 5) is 17.1. The molecule has 2 aromatic heterocycles. The van der Waals surface area contributed by atoms with Gasteiger partial charge in [0, 0.05) is 17.7 Å². The Bertz CT molecular complexity index is 1050. The molecule has 0 unspecified atom stereocenters. The lowest BCUT2D eigenvalue weighted by atomic mass is 10.1. The number of pyridine rings is 1. The summed E-state index contributed by atoms with van der Waals surface area (Å²) >= 11 is 0. The third-order valence-corrected chi connectivity index (χ3v) is 4.00. The second kappa shape index (κ2) is 7.57. The van der Waals surface area contributed by atoms with Crippen LogP contribution in [0.3, 0.4) is 0 Å². The van der Waals surface area contributed by atoms with Crippen LogP contribution in [0.1, 0.15) is 21.9 Å². The highest BCUT2D eigenvalue weighted by Gasteiger charge is 2.10. The van der Waals surface area contributed by atoms with Crippen LogP contribution in [-0.4, -0.2) is 31.5 Å². The van der Waals surface area contributed by atoms with Gasteiger partial charge in [-0.15, -0.1) is 5.10 Å². The third-order valence-electron chi connectivity index (χ3n) is 4.00. The number of aromatic nitrogens is 5. The summed E-state index contributed by atoms with van der Waals surface area (Å²) in [5.74, 6) is 0.405. The van der Waals surface area contributed by atoms with Crippen LogP contribution in [0.2, 0.25) is 0 Å². The molecule has 0 spiro atoms. The quantitative estimate of drug-likeness (QED) is 0.573. The number of anilines is 1. The molecule has 0 saturated heterocycles. The molecule has 0 fully saturated rings. The van der Waals surface area contributed by atoms with Crippen LogP contribution in [0, 0.1) is 0 Å². The van der Waals surface area contributed by atoms with Crippen molar-refractivity contribution in [3.8, 4) is 11.3 Å². The number of amides is 1. The van der Waals surface area contributed by atoms with Gasteiger partial charge in [-0.25, -0.2) is 10.1 Å². The third kappa shape index (κ3) is 4.04. The maximum absolute atomic E-state index is 12.6. The zero-order valence-electron chi connectivity index (χ0n) is 14.3. The molecule has 0 atom stereocenters. The minimum absolute atomic E-state index is 0.258. The van der Waals surface area contributed by atoms with E-state index >= 15 is 0 Å². The molecule has 132 valence electrons. The van der Waals surface area contributed by atoms with Gasteiger partial charge in [0.2, 0.25) is 0 Å². The number of hydrogen-bond acceptors (Lipinski definition) is 5. The summed E-state index contributed by atoms with van der Waals surface area (Å²) in [6, 6.07) is 22.7. The molecule has 27 heavy (non-hydrogen) atoms. The topological polar surface area (TPSA) is 96.5 Å². The number of hydrogen-bond donors (Lipinski definition) is 2. The molecule has 0 aliphatic rings. The van der Waals surface area contributed by atoms with Crippen LogP contribution in [0.25, 0.3) is 11.3 Å². The Morgan fingerprint density at radius 1 is 0.963 bits per heavy atom. The Balaban J connectivity index is 1.51. The van der Waals surface area contributed by atoms with Gasteiger partial charge in [-0.05, 0) is 40.3 Å². The van der Waals surface area contributed by atoms with Gasteiger partial charge in [-0.3, -0.25) is 4.79 Å². The van der Waals surface area contributed by atoms with Gasteiger partial charge in [0.05, 0.1) is 5.69 Å². The summed E-state index contributed by atoms with van der Waals surface area (Å²) in [6.45, 7) is 0. The maximum Gasteiger partial charge on any atom is 0.274 e. The number of nitrogens with one attached hydrogen (secondary N) is 2. The highest BCUT2D eigenvalue weighted by molar-refractivity contribution is 6.03. The molecule has 4 aromatic rings. The Morgan fingerprint density at radius 2 is 1.81 bits per heavy atom. The number of rotatable bonds is 5. The molecule has 0 saturated carbocycles. The first-order chi connectivity index (χ1) is 13.3. The first-order valence-electron chi connectivity index (χ1n) is 8.43. The predicted molar refractivity (Wildman–Crippen MR) is 101 cm³/mol. The highest BCUT2D eigenvalue weighted by atomic mass is 16.1. The number of carbonyl (C=O) groups excluding carboxylic acids is 1. The number of nitrogens with zero attached hydrogens (tertiary/aromatic N) is 4. The zero-order chi connectivity index (χ0) is 18.5. The number of aromatic amines is 1. The van der Waals surface area contributed by atoms with Gasteiger partial charge in [-0.1, -0.05) is 48.5 Å². The minimum atomic E-state index is -0.258. The maximum atomic E-state index is 12.6. The molecule has 7 nitrogen and oxygen atoms in total. The van der Waals surface area contributed by atoms with E-state index < -0.39 is 0 Å². The lowest BCUT2D eigenvalue weighted by Gasteiger charge is -2.08. The average Bonchev–Trinajstić information content (AvgIpc) is 3.22. The van der Waals surface area contributed by atoms with E-state index in [1.54, 1.807) is 6.07 Å². The van der Waals surface area contributed by atoms with E-state index in [0.717, 1.165) is 16.8 Å². The van der Waals surface area contributed by atoms with Crippen LogP contribution in [0.5, 0.6) is 0 Å². The first kappa shape index (κ1) is 16.6. The fraction of sp³-hybridized carbons (Fsp3) is 0.0500. The van der Waals surface area contributed by atoms with Crippen LogP contribution in [-0.2, 0) is 6.42 Å². The molecular formula is C20H16N6O. The van der Waals surface area contributed by atoms with E-state index in [0.29, 0.717) is 23.6 Å². The SMILES string of the molecule is O=C(Nc1cccc(Cc2nnn[nH]2)c1)c1cccc(-c2ccccc2)n1. The van der Waals surface area contributed by atoms with E-state index in [4.69, 9.17) is 0 Å². The van der Waals surface area contributed by atoms with Gasteiger partial charge >= 0.3 is 0 Å². The molecular weight excluding hydrogens is 340 g/mol. The smallest absolute Gasteiger partial charge is 0.274 e. The normalized spacial score (nSPS) is 10.5. The Hall–Kier alpha value is -3.87. The Morgan fingerprint density at radius 3 is 2.63 bits per heavy atom. The number of benzene rings is 2. The molecule has 2 N–H and O–H groups in total. The second-order valence-corrected chi connectivity index (χ2v) is 5.95. The summed E-state index contributed by atoms with van der Waals surface area (Å²) in [7, 11) is 0. The van der Waals surface area contributed by atoms with Gasteiger partial charge in [-0.2, -0.15) is 0 Å². The highest BCUT2D eigenvalue weighted by Crippen LogP contribution is 2.18. The molecule has 2 aromatic carbocycles. The lowest BCUT2D eigenvalue weighted by Crippen LogP contribution is -2.14. The molecule has 0 bridgehead atoms. The molecule has 1 amide bonds. The molecule has 4 rings (SSSR count). The molecule has 0 aliphatic carbocycles. The number of H-pyrrole nitrogens is 1. The van der Waals surface area contributed by atoms with Gasteiger partial charge in [0.1, 0.15) is 5.69 Å². The van der Waals surface area contributed by atoms with Crippen molar-refractivity contribution in [1.29, 1.82) is 0 Å². The van der Waals surface area contributed by atoms with E-state index in [1.807, 2.05) is 66.7 Å². The first-order valence-corrected chi connectivity index (χ1v) is 8.43. The zero-order valence-corrected chi connectivity index (χ0v) is 14.3. The Labute approximate surface area is 155 Å². The molecule has 0 radical (unpaired) electrons. The van der Waals surface area contributed by atoms with Crippen molar-refractivity contribution in [2.75, 3.05) is 5.32 Å². The van der Waals surface area contributed by atoms with E-state index in [9.17, 15) is 4.79 Å². The van der Waals surface area contributed by atoms with E-state index in [2.05, 4.69) is 30.9 Å². The summed E-state index contributed by atoms with van der Waals surface area (Å²) in [5, 5.41) is 16.6. The van der Waals surface area contributed by atoms with Crippen LogP contribution in [0.15, 0.2) is 72.8 Å². The minimum Gasteiger partial charge on any atom is -0.321 e. The largest absolute Gasteiger partial charge is 0.321 e. The van der Waals surface area contributed by atoms with Crippen LogP contribution in [0.4, 0.5) is 5.69 Å². The number of tetrazole rings is 1. The van der Waals surface area contributed by atoms with Crippen molar-refractivity contribution >= 4 is 11.6 Å². The van der Waals surface area contributed by atoms with Crippen molar-refractivity contribution in [3.63, 3.8) is 0 Å².